The molecule has 8 heteroatoms. The van der Waals surface area contributed by atoms with Crippen molar-refractivity contribution in [3.8, 4) is 0 Å². The lowest BCUT2D eigenvalue weighted by Crippen LogP contribution is -2.40. The van der Waals surface area contributed by atoms with Gasteiger partial charge >= 0.3 is 6.18 Å². The van der Waals surface area contributed by atoms with Crippen molar-refractivity contribution in [2.45, 2.75) is 6.18 Å². The normalized spacial score (nSPS) is 14.8. The predicted molar refractivity (Wildman–Crippen MR) is 103 cm³/mol. The number of ether oxygens (including phenoxy) is 1. The molecule has 2 aromatic carbocycles. The second kappa shape index (κ2) is 7.71. The summed E-state index contributed by atoms with van der Waals surface area (Å²) in [7, 11) is 0. The first kappa shape index (κ1) is 19.2. The zero-order chi connectivity index (χ0) is 20.4. The van der Waals surface area contributed by atoms with Gasteiger partial charge < -0.3 is 15.0 Å². The summed E-state index contributed by atoms with van der Waals surface area (Å²) in [4.78, 5) is 18.3. The quantitative estimate of drug-likeness (QED) is 0.704. The lowest BCUT2D eigenvalue weighted by Gasteiger charge is -2.26. The molecule has 150 valence electrons. The fourth-order valence-electron chi connectivity index (χ4n) is 3.23. The number of hydrogen-bond acceptors (Lipinski definition) is 4. The summed E-state index contributed by atoms with van der Waals surface area (Å²) in [5.41, 5.74) is 1.45. The summed E-state index contributed by atoms with van der Waals surface area (Å²) in [6.07, 6.45) is -2.96. The van der Waals surface area contributed by atoms with E-state index >= 15 is 0 Å². The highest BCUT2D eigenvalue weighted by Gasteiger charge is 2.30. The van der Waals surface area contributed by atoms with Crippen LogP contribution in [-0.4, -0.2) is 42.1 Å². The molecular weight excluding hydrogens is 383 g/mol. The maximum Gasteiger partial charge on any atom is 0.416 e. The number of morpholine rings is 1. The number of rotatable bonds is 3. The maximum absolute atomic E-state index is 12.9. The zero-order valence-electron chi connectivity index (χ0n) is 15.4. The van der Waals surface area contributed by atoms with Gasteiger partial charge in [-0.3, -0.25) is 9.78 Å². The van der Waals surface area contributed by atoms with Crippen LogP contribution in [0, 0.1) is 0 Å². The molecule has 1 aliphatic rings. The zero-order valence-corrected chi connectivity index (χ0v) is 15.4. The van der Waals surface area contributed by atoms with Gasteiger partial charge in [-0.05, 0) is 42.5 Å². The van der Waals surface area contributed by atoms with Crippen LogP contribution in [0.15, 0.2) is 54.7 Å². The molecule has 0 saturated carbocycles. The van der Waals surface area contributed by atoms with Crippen LogP contribution in [0.25, 0.3) is 10.9 Å². The van der Waals surface area contributed by atoms with Crippen LogP contribution in [0.3, 0.4) is 0 Å². The third-order valence-electron chi connectivity index (χ3n) is 4.78. The van der Waals surface area contributed by atoms with Gasteiger partial charge in [0.2, 0.25) is 0 Å². The van der Waals surface area contributed by atoms with E-state index in [0.717, 1.165) is 17.8 Å². The summed E-state index contributed by atoms with van der Waals surface area (Å²) in [6.45, 7) is 2.22. The first-order valence-electron chi connectivity index (χ1n) is 9.12. The molecule has 0 radical (unpaired) electrons. The monoisotopic (exact) mass is 401 g/mol. The molecule has 1 aromatic heterocycles. The number of anilines is 2. The van der Waals surface area contributed by atoms with Crippen molar-refractivity contribution in [2.24, 2.45) is 0 Å². The Kier molecular flexibility index (Phi) is 5.10. The largest absolute Gasteiger partial charge is 0.416 e. The minimum Gasteiger partial charge on any atom is -0.378 e. The van der Waals surface area contributed by atoms with E-state index in [2.05, 4.69) is 10.3 Å². The number of aromatic nitrogens is 1. The average molecular weight is 401 g/mol. The van der Waals surface area contributed by atoms with Gasteiger partial charge in [0.1, 0.15) is 0 Å². The Morgan fingerprint density at radius 1 is 1.03 bits per heavy atom. The van der Waals surface area contributed by atoms with Crippen LogP contribution in [0.5, 0.6) is 0 Å². The molecule has 1 N–H and O–H groups in total. The number of carbonyl (C=O) groups is 1. The third-order valence-corrected chi connectivity index (χ3v) is 4.78. The maximum atomic E-state index is 12.9. The van der Waals surface area contributed by atoms with Gasteiger partial charge in [-0.15, -0.1) is 0 Å². The third kappa shape index (κ3) is 4.17. The first-order chi connectivity index (χ1) is 13.9. The molecule has 3 aromatic rings. The molecular formula is C21H18F3N3O2. The molecule has 0 aliphatic carbocycles. The highest BCUT2D eigenvalue weighted by molar-refractivity contribution is 5.95. The fraction of sp³-hybridized carbons (Fsp3) is 0.238. The van der Waals surface area contributed by atoms with Crippen molar-refractivity contribution >= 4 is 28.2 Å². The lowest BCUT2D eigenvalue weighted by atomic mass is 10.1. The Balaban J connectivity index is 1.54. The number of nitrogens with zero attached hydrogens (tertiary/aromatic N) is 2. The summed E-state index contributed by atoms with van der Waals surface area (Å²) in [6, 6.07) is 12.2. The van der Waals surface area contributed by atoms with Crippen LogP contribution >= 0.6 is 0 Å². The van der Waals surface area contributed by atoms with Crippen LogP contribution in [0.1, 0.15) is 15.9 Å². The van der Waals surface area contributed by atoms with E-state index in [-0.39, 0.29) is 11.4 Å². The van der Waals surface area contributed by atoms with E-state index in [0.29, 0.717) is 42.9 Å². The van der Waals surface area contributed by atoms with Crippen molar-refractivity contribution in [3.05, 3.63) is 65.9 Å². The molecule has 1 amide bonds. The summed E-state index contributed by atoms with van der Waals surface area (Å²) >= 11 is 0. The van der Waals surface area contributed by atoms with E-state index in [1.54, 1.807) is 35.2 Å². The molecule has 5 nitrogen and oxygen atoms in total. The lowest BCUT2D eigenvalue weighted by molar-refractivity contribution is -0.137. The standard InChI is InChI=1S/C21H18F3N3O2/c22-21(23,24)15-3-6-17-18(7-8-25-19(17)13-15)26-16-4-1-14(2-5-16)20(28)27-9-11-29-12-10-27/h1-8,13H,9-12H2,(H,25,26). The molecule has 29 heavy (non-hydrogen) atoms. The fourth-order valence-corrected chi connectivity index (χ4v) is 3.23. The molecule has 0 atom stereocenters. The van der Waals surface area contributed by atoms with Gasteiger partial charge in [0.05, 0.1) is 24.3 Å². The summed E-state index contributed by atoms with van der Waals surface area (Å²) < 4.78 is 44.0. The van der Waals surface area contributed by atoms with Crippen molar-refractivity contribution in [3.63, 3.8) is 0 Å². The van der Waals surface area contributed by atoms with Crippen LogP contribution < -0.4 is 5.32 Å². The highest BCUT2D eigenvalue weighted by atomic mass is 19.4. The minimum atomic E-state index is -4.41. The molecule has 1 fully saturated rings. The van der Waals surface area contributed by atoms with Gasteiger partial charge in [0.25, 0.3) is 5.91 Å². The Morgan fingerprint density at radius 3 is 2.45 bits per heavy atom. The van der Waals surface area contributed by atoms with Gasteiger partial charge in [-0.2, -0.15) is 13.2 Å². The number of carbonyl (C=O) groups excluding carboxylic acids is 1. The average Bonchev–Trinajstić information content (AvgIpc) is 2.73. The Hall–Kier alpha value is -3.13. The van der Waals surface area contributed by atoms with Gasteiger partial charge in [-0.1, -0.05) is 6.07 Å². The molecule has 0 spiro atoms. The number of amides is 1. The van der Waals surface area contributed by atoms with Crippen molar-refractivity contribution < 1.29 is 22.7 Å². The van der Waals surface area contributed by atoms with Crippen molar-refractivity contribution in [1.82, 2.24) is 9.88 Å². The van der Waals surface area contributed by atoms with Crippen molar-refractivity contribution in [1.29, 1.82) is 0 Å². The SMILES string of the molecule is O=C(c1ccc(Nc2ccnc3cc(C(F)(F)F)ccc23)cc1)N1CCOCC1. The first-order valence-corrected chi connectivity index (χ1v) is 9.12. The molecule has 2 heterocycles. The summed E-state index contributed by atoms with van der Waals surface area (Å²) in [5, 5.41) is 3.76. The highest BCUT2D eigenvalue weighted by Crippen LogP contribution is 2.33. The predicted octanol–water partition coefficient (Wildman–Crippen LogP) is 4.47. The Labute approximate surface area is 165 Å². The molecule has 0 bridgehead atoms. The van der Waals surface area contributed by atoms with E-state index in [1.165, 1.54) is 12.3 Å². The Morgan fingerprint density at radius 2 is 1.76 bits per heavy atom. The molecule has 0 unspecified atom stereocenters. The smallest absolute Gasteiger partial charge is 0.378 e. The number of halogens is 3. The van der Waals surface area contributed by atoms with E-state index in [1.807, 2.05) is 0 Å². The number of fused-ring (bicyclic) bond motifs is 1. The van der Waals surface area contributed by atoms with Crippen LogP contribution in [0.4, 0.5) is 24.5 Å². The van der Waals surface area contributed by atoms with Gasteiger partial charge in [-0.25, -0.2) is 0 Å². The van der Waals surface area contributed by atoms with Gasteiger partial charge in [0, 0.05) is 41.6 Å². The second-order valence-corrected chi connectivity index (χ2v) is 6.70. The molecule has 1 saturated heterocycles. The number of pyridine rings is 1. The minimum absolute atomic E-state index is 0.0473. The number of hydrogen-bond donors (Lipinski definition) is 1. The van der Waals surface area contributed by atoms with E-state index < -0.39 is 11.7 Å². The van der Waals surface area contributed by atoms with Crippen LogP contribution in [-0.2, 0) is 10.9 Å². The number of benzene rings is 2. The van der Waals surface area contributed by atoms with E-state index in [4.69, 9.17) is 4.74 Å². The summed E-state index contributed by atoms with van der Waals surface area (Å²) in [5.74, 6) is -0.0473. The number of alkyl halides is 3. The topological polar surface area (TPSA) is 54.5 Å². The Bertz CT molecular complexity index is 1030. The van der Waals surface area contributed by atoms with Gasteiger partial charge in [0.15, 0.2) is 0 Å². The second-order valence-electron chi connectivity index (χ2n) is 6.70. The number of nitrogens with one attached hydrogen (secondary N) is 1. The molecule has 4 rings (SSSR count). The van der Waals surface area contributed by atoms with Crippen molar-refractivity contribution in [2.75, 3.05) is 31.6 Å². The van der Waals surface area contributed by atoms with Crippen LogP contribution in [0.2, 0.25) is 0 Å². The molecule has 1 aliphatic heterocycles. The van der Waals surface area contributed by atoms with E-state index in [9.17, 15) is 18.0 Å².